The van der Waals surface area contributed by atoms with E-state index in [2.05, 4.69) is 34.3 Å². The Morgan fingerprint density at radius 3 is 2.88 bits per heavy atom. The second-order valence-electron chi connectivity index (χ2n) is 9.10. The van der Waals surface area contributed by atoms with Crippen LogP contribution in [0.5, 0.6) is 5.75 Å². The SMILES string of the molecule is COC(=O)c1ccc2[nH]cc(CCCCN3CCC(c4ccc5c(c4)CCO5)CC3)c2c1. The minimum atomic E-state index is -0.282. The summed E-state index contributed by atoms with van der Waals surface area (Å²) >= 11 is 0. The molecule has 1 saturated heterocycles. The van der Waals surface area contributed by atoms with Crippen LogP contribution in [0, 0.1) is 0 Å². The molecule has 0 spiro atoms. The first kappa shape index (κ1) is 21.1. The largest absolute Gasteiger partial charge is 0.493 e. The van der Waals surface area contributed by atoms with Gasteiger partial charge in [0, 0.05) is 23.5 Å². The maximum absolute atomic E-state index is 11.8. The Labute approximate surface area is 189 Å². The minimum absolute atomic E-state index is 0.282. The molecule has 32 heavy (non-hydrogen) atoms. The third kappa shape index (κ3) is 4.40. The van der Waals surface area contributed by atoms with Crippen LogP contribution in [0.3, 0.4) is 0 Å². The number of hydrogen-bond acceptors (Lipinski definition) is 4. The van der Waals surface area contributed by atoms with Crippen LogP contribution in [-0.2, 0) is 17.6 Å². The van der Waals surface area contributed by atoms with Gasteiger partial charge in [-0.05, 0) is 98.6 Å². The molecule has 0 amide bonds. The van der Waals surface area contributed by atoms with E-state index in [-0.39, 0.29) is 5.97 Å². The summed E-state index contributed by atoms with van der Waals surface area (Å²) < 4.78 is 10.5. The topological polar surface area (TPSA) is 54.6 Å². The molecule has 0 radical (unpaired) electrons. The molecule has 1 fully saturated rings. The molecule has 5 heteroatoms. The molecule has 0 bridgehead atoms. The van der Waals surface area contributed by atoms with Crippen molar-refractivity contribution in [2.75, 3.05) is 33.4 Å². The second-order valence-corrected chi connectivity index (χ2v) is 9.10. The number of aromatic nitrogens is 1. The van der Waals surface area contributed by atoms with Gasteiger partial charge >= 0.3 is 5.97 Å². The third-order valence-corrected chi connectivity index (χ3v) is 7.13. The van der Waals surface area contributed by atoms with Crippen LogP contribution in [-0.4, -0.2) is 49.2 Å². The Morgan fingerprint density at radius 2 is 2.03 bits per heavy atom. The smallest absolute Gasteiger partial charge is 0.337 e. The molecule has 168 valence electrons. The number of aryl methyl sites for hydroxylation is 1. The zero-order valence-corrected chi connectivity index (χ0v) is 18.9. The van der Waals surface area contributed by atoms with E-state index in [1.165, 1.54) is 62.7 Å². The minimum Gasteiger partial charge on any atom is -0.493 e. The molecule has 0 unspecified atom stereocenters. The zero-order valence-electron chi connectivity index (χ0n) is 18.9. The Balaban J connectivity index is 1.09. The molecule has 1 aromatic heterocycles. The monoisotopic (exact) mass is 432 g/mol. The van der Waals surface area contributed by atoms with E-state index in [0.717, 1.165) is 42.5 Å². The van der Waals surface area contributed by atoms with Crippen molar-refractivity contribution in [3.8, 4) is 5.75 Å². The predicted molar refractivity (Wildman–Crippen MR) is 127 cm³/mol. The Kier molecular flexibility index (Phi) is 6.17. The van der Waals surface area contributed by atoms with E-state index in [1.807, 2.05) is 18.2 Å². The van der Waals surface area contributed by atoms with Crippen LogP contribution in [0.15, 0.2) is 42.6 Å². The lowest BCUT2D eigenvalue weighted by Gasteiger charge is -2.32. The highest BCUT2D eigenvalue weighted by Crippen LogP contribution is 2.33. The number of methoxy groups -OCH3 is 1. The average molecular weight is 433 g/mol. The van der Waals surface area contributed by atoms with Gasteiger partial charge in [-0.1, -0.05) is 12.1 Å². The summed E-state index contributed by atoms with van der Waals surface area (Å²) in [5.74, 6) is 1.49. The summed E-state index contributed by atoms with van der Waals surface area (Å²) in [4.78, 5) is 17.8. The summed E-state index contributed by atoms with van der Waals surface area (Å²) in [5.41, 5.74) is 5.86. The number of hydrogen-bond donors (Lipinski definition) is 1. The quantitative estimate of drug-likeness (QED) is 0.417. The van der Waals surface area contributed by atoms with E-state index in [1.54, 1.807) is 0 Å². The lowest BCUT2D eigenvalue weighted by molar-refractivity contribution is 0.0601. The molecule has 5 rings (SSSR count). The van der Waals surface area contributed by atoms with Gasteiger partial charge in [-0.3, -0.25) is 0 Å². The Morgan fingerprint density at radius 1 is 1.16 bits per heavy atom. The van der Waals surface area contributed by atoms with Crippen molar-refractivity contribution in [3.05, 3.63) is 64.8 Å². The van der Waals surface area contributed by atoms with Crippen molar-refractivity contribution in [2.24, 2.45) is 0 Å². The van der Waals surface area contributed by atoms with Crippen LogP contribution in [0.2, 0.25) is 0 Å². The van der Waals surface area contributed by atoms with Crippen LogP contribution < -0.4 is 4.74 Å². The number of nitrogens with zero attached hydrogens (tertiary/aromatic N) is 1. The number of H-pyrrole nitrogens is 1. The van der Waals surface area contributed by atoms with E-state index < -0.39 is 0 Å². The predicted octanol–water partition coefficient (Wildman–Crippen LogP) is 5.09. The summed E-state index contributed by atoms with van der Waals surface area (Å²) in [6.45, 7) is 4.38. The van der Waals surface area contributed by atoms with Gasteiger partial charge in [-0.25, -0.2) is 4.79 Å². The molecule has 0 aliphatic carbocycles. The molecular formula is C27H32N2O3. The number of benzene rings is 2. The maximum atomic E-state index is 11.8. The molecule has 2 aromatic carbocycles. The average Bonchev–Trinajstić information content (AvgIpc) is 3.47. The fourth-order valence-electron chi connectivity index (χ4n) is 5.23. The number of ether oxygens (including phenoxy) is 2. The van der Waals surface area contributed by atoms with Gasteiger partial charge in [-0.2, -0.15) is 0 Å². The highest BCUT2D eigenvalue weighted by molar-refractivity contribution is 5.95. The number of nitrogens with one attached hydrogen (secondary N) is 1. The number of aromatic amines is 1. The van der Waals surface area contributed by atoms with Crippen LogP contribution in [0.25, 0.3) is 10.9 Å². The van der Waals surface area contributed by atoms with Crippen LogP contribution >= 0.6 is 0 Å². The van der Waals surface area contributed by atoms with Gasteiger partial charge in [0.25, 0.3) is 0 Å². The molecule has 1 N–H and O–H groups in total. The van der Waals surface area contributed by atoms with Gasteiger partial charge in [0.2, 0.25) is 0 Å². The van der Waals surface area contributed by atoms with E-state index in [0.29, 0.717) is 11.5 Å². The maximum Gasteiger partial charge on any atom is 0.337 e. The van der Waals surface area contributed by atoms with Gasteiger partial charge in [0.05, 0.1) is 19.3 Å². The van der Waals surface area contributed by atoms with E-state index in [9.17, 15) is 4.79 Å². The van der Waals surface area contributed by atoms with Crippen molar-refractivity contribution >= 4 is 16.9 Å². The molecule has 0 saturated carbocycles. The molecule has 0 atom stereocenters. The van der Waals surface area contributed by atoms with Gasteiger partial charge in [-0.15, -0.1) is 0 Å². The van der Waals surface area contributed by atoms with Crippen molar-refractivity contribution in [3.63, 3.8) is 0 Å². The number of esters is 1. The molecule has 5 nitrogen and oxygen atoms in total. The summed E-state index contributed by atoms with van der Waals surface area (Å²) in [6.07, 6.45) is 9.01. The number of carbonyl (C=O) groups excluding carboxylic acids is 1. The van der Waals surface area contributed by atoms with Gasteiger partial charge in [0.1, 0.15) is 5.75 Å². The van der Waals surface area contributed by atoms with Gasteiger partial charge < -0.3 is 19.4 Å². The summed E-state index contributed by atoms with van der Waals surface area (Å²) in [5, 5.41) is 1.13. The fraction of sp³-hybridized carbons (Fsp3) is 0.444. The number of likely N-dealkylation sites (tertiary alicyclic amines) is 1. The number of rotatable bonds is 7. The lowest BCUT2D eigenvalue weighted by Crippen LogP contribution is -2.33. The van der Waals surface area contributed by atoms with Crippen molar-refractivity contribution in [1.29, 1.82) is 0 Å². The summed E-state index contributed by atoms with van der Waals surface area (Å²) in [7, 11) is 1.42. The Bertz CT molecular complexity index is 1100. The van der Waals surface area contributed by atoms with Crippen LogP contribution in [0.1, 0.15) is 58.6 Å². The standard InChI is InChI=1S/C27H32N2O3/c1-31-27(30)22-5-7-25-24(17-22)23(18-28-25)4-2-3-12-29-13-9-19(10-14-29)20-6-8-26-21(16-20)11-15-32-26/h5-8,16-19,28H,2-4,9-15H2,1H3. The van der Waals surface area contributed by atoms with Crippen molar-refractivity contribution in [2.45, 2.75) is 44.4 Å². The first-order chi connectivity index (χ1) is 15.7. The number of fused-ring (bicyclic) bond motifs is 2. The molecule has 3 aromatic rings. The first-order valence-corrected chi connectivity index (χ1v) is 11.9. The first-order valence-electron chi connectivity index (χ1n) is 11.9. The number of piperidine rings is 1. The van der Waals surface area contributed by atoms with E-state index in [4.69, 9.17) is 9.47 Å². The summed E-state index contributed by atoms with van der Waals surface area (Å²) in [6, 6.07) is 12.6. The normalized spacial score (nSPS) is 16.8. The molecular weight excluding hydrogens is 400 g/mol. The highest BCUT2D eigenvalue weighted by atomic mass is 16.5. The molecule has 2 aliphatic rings. The third-order valence-electron chi connectivity index (χ3n) is 7.13. The number of unbranched alkanes of at least 4 members (excludes halogenated alkanes) is 1. The van der Waals surface area contributed by atoms with Crippen LogP contribution in [0.4, 0.5) is 0 Å². The van der Waals surface area contributed by atoms with Crippen molar-refractivity contribution < 1.29 is 14.3 Å². The second kappa shape index (κ2) is 9.37. The lowest BCUT2D eigenvalue weighted by atomic mass is 9.88. The Hall–Kier alpha value is -2.79. The fourth-order valence-corrected chi connectivity index (χ4v) is 5.23. The van der Waals surface area contributed by atoms with E-state index >= 15 is 0 Å². The highest BCUT2D eigenvalue weighted by Gasteiger charge is 2.22. The van der Waals surface area contributed by atoms with Gasteiger partial charge in [0.15, 0.2) is 0 Å². The number of carbonyl (C=O) groups is 1. The zero-order chi connectivity index (χ0) is 21.9. The van der Waals surface area contributed by atoms with Crippen molar-refractivity contribution in [1.82, 2.24) is 9.88 Å². The molecule has 2 aliphatic heterocycles. The molecule has 3 heterocycles.